The van der Waals surface area contributed by atoms with Gasteiger partial charge < -0.3 is 10.2 Å². The lowest BCUT2D eigenvalue weighted by Crippen LogP contribution is -2.43. The molecule has 2 heterocycles. The quantitative estimate of drug-likeness (QED) is 0.740. The molecule has 2 aromatic carbocycles. The van der Waals surface area contributed by atoms with Crippen LogP contribution in [0, 0.1) is 0 Å². The monoisotopic (exact) mass is 368 g/mol. The SMILES string of the molecule is O=S(=O)(Nc1ccc2cccnc2c1)c1ccc(N2CCNCC2)cc1. The van der Waals surface area contributed by atoms with E-state index in [1.165, 1.54) is 0 Å². The molecule has 1 aliphatic rings. The van der Waals surface area contributed by atoms with Gasteiger partial charge in [-0.25, -0.2) is 8.42 Å². The highest BCUT2D eigenvalue weighted by atomic mass is 32.2. The minimum absolute atomic E-state index is 0.248. The minimum Gasteiger partial charge on any atom is -0.369 e. The van der Waals surface area contributed by atoms with Crippen molar-refractivity contribution in [3.8, 4) is 0 Å². The molecule has 0 saturated carbocycles. The zero-order chi connectivity index (χ0) is 18.0. The largest absolute Gasteiger partial charge is 0.369 e. The lowest BCUT2D eigenvalue weighted by atomic mass is 10.2. The number of hydrogen-bond acceptors (Lipinski definition) is 5. The first-order chi connectivity index (χ1) is 12.6. The van der Waals surface area contributed by atoms with E-state index in [1.807, 2.05) is 30.3 Å². The highest BCUT2D eigenvalue weighted by Crippen LogP contribution is 2.22. The fraction of sp³-hybridized carbons (Fsp3) is 0.211. The van der Waals surface area contributed by atoms with E-state index < -0.39 is 10.0 Å². The molecule has 1 aromatic heterocycles. The number of hydrogen-bond donors (Lipinski definition) is 2. The van der Waals surface area contributed by atoms with Gasteiger partial charge in [0.15, 0.2) is 0 Å². The first-order valence-electron chi connectivity index (χ1n) is 8.55. The number of benzene rings is 2. The Balaban J connectivity index is 1.55. The van der Waals surface area contributed by atoms with Crippen LogP contribution in [0.4, 0.5) is 11.4 Å². The number of pyridine rings is 1. The molecule has 1 fully saturated rings. The first-order valence-corrected chi connectivity index (χ1v) is 10.0. The van der Waals surface area contributed by atoms with Crippen LogP contribution in [0.1, 0.15) is 0 Å². The van der Waals surface area contributed by atoms with Crippen molar-refractivity contribution in [3.63, 3.8) is 0 Å². The van der Waals surface area contributed by atoms with Gasteiger partial charge in [0.05, 0.1) is 16.1 Å². The maximum absolute atomic E-state index is 12.7. The van der Waals surface area contributed by atoms with Crippen LogP contribution < -0.4 is 14.9 Å². The average molecular weight is 368 g/mol. The molecule has 1 saturated heterocycles. The van der Waals surface area contributed by atoms with E-state index in [0.717, 1.165) is 42.8 Å². The highest BCUT2D eigenvalue weighted by molar-refractivity contribution is 7.92. The molecule has 0 bridgehead atoms. The third-order valence-electron chi connectivity index (χ3n) is 4.49. The number of anilines is 2. The van der Waals surface area contributed by atoms with E-state index in [1.54, 1.807) is 30.5 Å². The molecule has 0 spiro atoms. The van der Waals surface area contributed by atoms with Gasteiger partial charge in [0.1, 0.15) is 0 Å². The molecule has 2 N–H and O–H groups in total. The van der Waals surface area contributed by atoms with Crippen LogP contribution in [0.25, 0.3) is 10.9 Å². The topological polar surface area (TPSA) is 74.3 Å². The van der Waals surface area contributed by atoms with Gasteiger partial charge in [0.25, 0.3) is 10.0 Å². The summed E-state index contributed by atoms with van der Waals surface area (Å²) in [4.78, 5) is 6.76. The Bertz CT molecular complexity index is 1010. The van der Waals surface area contributed by atoms with Crippen molar-refractivity contribution in [1.82, 2.24) is 10.3 Å². The third kappa shape index (κ3) is 3.49. The molecule has 6 nitrogen and oxygen atoms in total. The third-order valence-corrected chi connectivity index (χ3v) is 5.88. The smallest absolute Gasteiger partial charge is 0.261 e. The van der Waals surface area contributed by atoms with Crippen LogP contribution >= 0.6 is 0 Å². The number of rotatable bonds is 4. The standard InChI is InChI=1S/C19H20N4O2S/c24-26(25,22-16-4-3-15-2-1-9-21-19(15)14-16)18-7-5-17(6-8-18)23-12-10-20-11-13-23/h1-9,14,20,22H,10-13H2. The summed E-state index contributed by atoms with van der Waals surface area (Å²) in [7, 11) is -3.64. The normalized spacial score (nSPS) is 15.2. The summed E-state index contributed by atoms with van der Waals surface area (Å²) >= 11 is 0. The molecule has 0 amide bonds. The van der Waals surface area contributed by atoms with Crippen LogP contribution in [0.2, 0.25) is 0 Å². The van der Waals surface area contributed by atoms with E-state index in [-0.39, 0.29) is 4.90 Å². The minimum atomic E-state index is -3.64. The second kappa shape index (κ2) is 6.93. The van der Waals surface area contributed by atoms with Gasteiger partial charge in [-0.05, 0) is 42.5 Å². The van der Waals surface area contributed by atoms with Crippen LogP contribution in [-0.2, 0) is 10.0 Å². The molecule has 4 rings (SSSR count). The summed E-state index contributed by atoms with van der Waals surface area (Å²) < 4.78 is 28.0. The highest BCUT2D eigenvalue weighted by Gasteiger charge is 2.16. The van der Waals surface area contributed by atoms with Crippen LogP contribution in [0.5, 0.6) is 0 Å². The number of fused-ring (bicyclic) bond motifs is 1. The summed E-state index contributed by atoms with van der Waals surface area (Å²) in [5, 5.41) is 4.28. The predicted octanol–water partition coefficient (Wildman–Crippen LogP) is 2.45. The summed E-state index contributed by atoms with van der Waals surface area (Å²) in [6.45, 7) is 3.73. The zero-order valence-electron chi connectivity index (χ0n) is 14.2. The van der Waals surface area contributed by atoms with E-state index in [2.05, 4.69) is 19.9 Å². The fourth-order valence-electron chi connectivity index (χ4n) is 3.10. The van der Waals surface area contributed by atoms with Crippen molar-refractivity contribution in [2.24, 2.45) is 0 Å². The van der Waals surface area contributed by atoms with E-state index >= 15 is 0 Å². The molecule has 134 valence electrons. The first kappa shape index (κ1) is 16.8. The van der Waals surface area contributed by atoms with Crippen molar-refractivity contribution in [2.45, 2.75) is 4.90 Å². The van der Waals surface area contributed by atoms with Gasteiger partial charge in [-0.15, -0.1) is 0 Å². The Morgan fingerprint density at radius 1 is 1.00 bits per heavy atom. The van der Waals surface area contributed by atoms with Gasteiger partial charge in [-0.2, -0.15) is 0 Å². The Morgan fingerprint density at radius 2 is 1.77 bits per heavy atom. The van der Waals surface area contributed by atoms with E-state index in [4.69, 9.17) is 0 Å². The number of aromatic nitrogens is 1. The number of nitrogens with zero attached hydrogens (tertiary/aromatic N) is 2. The summed E-state index contributed by atoms with van der Waals surface area (Å²) in [5.41, 5.74) is 2.30. The number of nitrogens with one attached hydrogen (secondary N) is 2. The Kier molecular flexibility index (Phi) is 4.48. The maximum atomic E-state index is 12.7. The Morgan fingerprint density at radius 3 is 2.54 bits per heavy atom. The molecule has 7 heteroatoms. The van der Waals surface area contributed by atoms with Gasteiger partial charge in [0, 0.05) is 43.4 Å². The fourth-order valence-corrected chi connectivity index (χ4v) is 4.15. The van der Waals surface area contributed by atoms with Crippen molar-refractivity contribution >= 4 is 32.3 Å². The summed E-state index contributed by atoms with van der Waals surface area (Å²) in [6, 6.07) is 16.2. The Labute approximate surface area is 152 Å². The maximum Gasteiger partial charge on any atom is 0.261 e. The van der Waals surface area contributed by atoms with Crippen LogP contribution in [0.15, 0.2) is 65.7 Å². The lowest BCUT2D eigenvalue weighted by molar-refractivity contribution is 0.589. The Hall–Kier alpha value is -2.64. The molecule has 26 heavy (non-hydrogen) atoms. The van der Waals surface area contributed by atoms with Crippen molar-refractivity contribution in [1.29, 1.82) is 0 Å². The number of sulfonamides is 1. The second-order valence-corrected chi connectivity index (χ2v) is 7.93. The molecular formula is C19H20N4O2S. The molecule has 0 aliphatic carbocycles. The predicted molar refractivity (Wildman–Crippen MR) is 104 cm³/mol. The number of piperazine rings is 1. The van der Waals surface area contributed by atoms with Crippen molar-refractivity contribution in [3.05, 3.63) is 60.8 Å². The van der Waals surface area contributed by atoms with E-state index in [0.29, 0.717) is 5.69 Å². The molecule has 0 unspecified atom stereocenters. The summed E-state index contributed by atoms with van der Waals surface area (Å²) in [5.74, 6) is 0. The van der Waals surface area contributed by atoms with E-state index in [9.17, 15) is 8.42 Å². The van der Waals surface area contributed by atoms with Crippen LogP contribution in [-0.4, -0.2) is 39.6 Å². The van der Waals surface area contributed by atoms with Crippen LogP contribution in [0.3, 0.4) is 0 Å². The van der Waals surface area contributed by atoms with Gasteiger partial charge in [-0.1, -0.05) is 12.1 Å². The van der Waals surface area contributed by atoms with Crippen molar-refractivity contribution < 1.29 is 8.42 Å². The zero-order valence-corrected chi connectivity index (χ0v) is 15.0. The lowest BCUT2D eigenvalue weighted by Gasteiger charge is -2.29. The second-order valence-electron chi connectivity index (χ2n) is 6.25. The molecule has 0 radical (unpaired) electrons. The molecular weight excluding hydrogens is 348 g/mol. The summed E-state index contributed by atoms with van der Waals surface area (Å²) in [6.07, 6.45) is 1.69. The molecule has 0 atom stereocenters. The molecule has 3 aromatic rings. The molecule has 1 aliphatic heterocycles. The van der Waals surface area contributed by atoms with Crippen molar-refractivity contribution in [2.75, 3.05) is 35.8 Å². The van der Waals surface area contributed by atoms with Gasteiger partial charge in [-0.3, -0.25) is 9.71 Å². The van der Waals surface area contributed by atoms with Gasteiger partial charge in [0.2, 0.25) is 0 Å². The van der Waals surface area contributed by atoms with Gasteiger partial charge >= 0.3 is 0 Å². The average Bonchev–Trinajstić information content (AvgIpc) is 2.68.